The molecule has 8 nitrogen and oxygen atoms in total. The van der Waals surface area contributed by atoms with Gasteiger partial charge < -0.3 is 10.1 Å². The van der Waals surface area contributed by atoms with Crippen LogP contribution in [0.4, 0.5) is 5.69 Å². The standard InChI is InChI=1S/C22H19N5O3/c1-30-18-8-6-17(7-9-18)23-21(28)15-26-12-10-16(11-13-26)14-27-22(29)19-4-2-3-5-20(19)24-25-27/h2-13H,14-15H2,1H3/p+1. The lowest BCUT2D eigenvalue weighted by molar-refractivity contribution is -0.684. The minimum absolute atomic E-state index is 0.144. The van der Waals surface area contributed by atoms with E-state index in [1.54, 1.807) is 66.5 Å². The zero-order chi connectivity index (χ0) is 20.9. The van der Waals surface area contributed by atoms with Gasteiger partial charge in [0.1, 0.15) is 11.3 Å². The van der Waals surface area contributed by atoms with Gasteiger partial charge in [0.05, 0.1) is 19.0 Å². The zero-order valence-electron chi connectivity index (χ0n) is 16.4. The summed E-state index contributed by atoms with van der Waals surface area (Å²) in [6.07, 6.45) is 3.59. The van der Waals surface area contributed by atoms with Gasteiger partial charge >= 0.3 is 0 Å². The molecule has 30 heavy (non-hydrogen) atoms. The molecule has 2 aromatic heterocycles. The van der Waals surface area contributed by atoms with Gasteiger partial charge in [-0.25, -0.2) is 4.68 Å². The van der Waals surface area contributed by atoms with Gasteiger partial charge in [-0.3, -0.25) is 9.59 Å². The van der Waals surface area contributed by atoms with Gasteiger partial charge in [-0.15, -0.1) is 5.10 Å². The number of hydrogen-bond acceptors (Lipinski definition) is 5. The first-order chi connectivity index (χ1) is 14.6. The van der Waals surface area contributed by atoms with Crippen LogP contribution in [0.3, 0.4) is 0 Å². The zero-order valence-corrected chi connectivity index (χ0v) is 16.4. The van der Waals surface area contributed by atoms with Gasteiger partial charge in [-0.05, 0) is 42.0 Å². The lowest BCUT2D eigenvalue weighted by Gasteiger charge is -2.06. The number of carbonyl (C=O) groups excluding carboxylic acids is 1. The van der Waals surface area contributed by atoms with Crippen molar-refractivity contribution >= 4 is 22.5 Å². The fourth-order valence-corrected chi connectivity index (χ4v) is 3.04. The van der Waals surface area contributed by atoms with E-state index in [4.69, 9.17) is 4.74 Å². The van der Waals surface area contributed by atoms with Crippen LogP contribution in [0.15, 0.2) is 77.9 Å². The predicted octanol–water partition coefficient (Wildman–Crippen LogP) is 1.77. The number of carbonyl (C=O) groups is 1. The highest BCUT2D eigenvalue weighted by Gasteiger charge is 2.11. The van der Waals surface area contributed by atoms with Crippen molar-refractivity contribution in [1.29, 1.82) is 0 Å². The van der Waals surface area contributed by atoms with E-state index in [9.17, 15) is 9.59 Å². The van der Waals surface area contributed by atoms with Crippen molar-refractivity contribution < 1.29 is 14.1 Å². The number of aromatic nitrogens is 4. The fourth-order valence-electron chi connectivity index (χ4n) is 3.04. The molecule has 0 fully saturated rings. The Morgan fingerprint density at radius 3 is 2.53 bits per heavy atom. The molecule has 1 N–H and O–H groups in total. The quantitative estimate of drug-likeness (QED) is 0.497. The van der Waals surface area contributed by atoms with Crippen molar-refractivity contribution in [2.75, 3.05) is 12.4 Å². The number of nitrogens with one attached hydrogen (secondary N) is 1. The minimum atomic E-state index is -0.184. The van der Waals surface area contributed by atoms with E-state index in [2.05, 4.69) is 15.6 Å². The Morgan fingerprint density at radius 2 is 1.80 bits per heavy atom. The number of fused-ring (bicyclic) bond motifs is 1. The maximum Gasteiger partial charge on any atom is 0.290 e. The Morgan fingerprint density at radius 1 is 1.07 bits per heavy atom. The van der Waals surface area contributed by atoms with E-state index < -0.39 is 0 Å². The molecule has 0 bridgehead atoms. The van der Waals surface area contributed by atoms with Gasteiger partial charge in [-0.2, -0.15) is 4.57 Å². The van der Waals surface area contributed by atoms with E-state index in [-0.39, 0.29) is 18.0 Å². The Balaban J connectivity index is 1.41. The summed E-state index contributed by atoms with van der Waals surface area (Å²) in [5.74, 6) is 0.586. The molecule has 0 aliphatic carbocycles. The molecule has 0 aliphatic rings. The summed E-state index contributed by atoms with van der Waals surface area (Å²) in [5.41, 5.74) is 1.98. The van der Waals surface area contributed by atoms with Crippen molar-refractivity contribution in [2.24, 2.45) is 0 Å². The van der Waals surface area contributed by atoms with Crippen LogP contribution < -0.4 is 20.2 Å². The van der Waals surface area contributed by atoms with Crippen LogP contribution in [0, 0.1) is 0 Å². The Hall–Kier alpha value is -4.07. The first-order valence-electron chi connectivity index (χ1n) is 9.37. The molecular formula is C22H20N5O3+. The molecule has 8 heteroatoms. The number of anilines is 1. The number of rotatable bonds is 6. The topological polar surface area (TPSA) is 90.0 Å². The molecule has 0 aliphatic heterocycles. The second-order valence-corrected chi connectivity index (χ2v) is 6.72. The van der Waals surface area contributed by atoms with Crippen LogP contribution in [-0.2, 0) is 17.9 Å². The number of methoxy groups -OCH3 is 1. The third-order valence-corrected chi connectivity index (χ3v) is 4.62. The van der Waals surface area contributed by atoms with E-state index in [1.807, 2.05) is 18.2 Å². The summed E-state index contributed by atoms with van der Waals surface area (Å²) < 4.78 is 8.20. The summed E-state index contributed by atoms with van der Waals surface area (Å²) in [4.78, 5) is 24.8. The molecule has 0 saturated carbocycles. The summed E-state index contributed by atoms with van der Waals surface area (Å²) in [6, 6.07) is 18.0. The van der Waals surface area contributed by atoms with Gasteiger partial charge in [0.2, 0.25) is 6.54 Å². The molecule has 0 spiro atoms. The first-order valence-corrected chi connectivity index (χ1v) is 9.37. The Bertz CT molecular complexity index is 1230. The highest BCUT2D eigenvalue weighted by Crippen LogP contribution is 2.14. The van der Waals surface area contributed by atoms with E-state index in [0.717, 1.165) is 11.3 Å². The second kappa shape index (κ2) is 8.52. The van der Waals surface area contributed by atoms with Gasteiger partial charge in [0, 0.05) is 17.8 Å². The molecule has 0 unspecified atom stereocenters. The van der Waals surface area contributed by atoms with E-state index in [0.29, 0.717) is 23.1 Å². The molecule has 4 aromatic rings. The second-order valence-electron chi connectivity index (χ2n) is 6.72. The number of amides is 1. The first kappa shape index (κ1) is 19.3. The van der Waals surface area contributed by atoms with E-state index >= 15 is 0 Å². The van der Waals surface area contributed by atoms with Crippen molar-refractivity contribution in [3.05, 3.63) is 89.0 Å². The fraction of sp³-hybridized carbons (Fsp3) is 0.136. The van der Waals surface area contributed by atoms with Crippen molar-refractivity contribution in [3.8, 4) is 5.75 Å². The van der Waals surface area contributed by atoms with Crippen molar-refractivity contribution in [3.63, 3.8) is 0 Å². The lowest BCUT2D eigenvalue weighted by atomic mass is 10.2. The van der Waals surface area contributed by atoms with Crippen molar-refractivity contribution in [2.45, 2.75) is 13.1 Å². The third-order valence-electron chi connectivity index (χ3n) is 4.62. The summed E-state index contributed by atoms with van der Waals surface area (Å²) >= 11 is 0. The number of ether oxygens (including phenoxy) is 1. The molecule has 1 amide bonds. The summed E-state index contributed by atoms with van der Waals surface area (Å²) in [7, 11) is 1.59. The highest BCUT2D eigenvalue weighted by atomic mass is 16.5. The number of pyridine rings is 1. The van der Waals surface area contributed by atoms with Crippen LogP contribution >= 0.6 is 0 Å². The van der Waals surface area contributed by atoms with Crippen LogP contribution in [0.25, 0.3) is 10.9 Å². The predicted molar refractivity (Wildman–Crippen MR) is 111 cm³/mol. The molecular weight excluding hydrogens is 382 g/mol. The molecule has 0 saturated heterocycles. The smallest absolute Gasteiger partial charge is 0.290 e. The van der Waals surface area contributed by atoms with Crippen LogP contribution in [0.2, 0.25) is 0 Å². The summed E-state index contributed by atoms with van der Waals surface area (Å²) in [6.45, 7) is 0.470. The average molecular weight is 402 g/mol. The summed E-state index contributed by atoms with van der Waals surface area (Å²) in [5, 5.41) is 11.5. The van der Waals surface area contributed by atoms with Crippen LogP contribution in [0.1, 0.15) is 5.56 Å². The van der Waals surface area contributed by atoms with Gasteiger partial charge in [0.25, 0.3) is 11.5 Å². The molecule has 4 rings (SSSR count). The maximum atomic E-state index is 12.6. The van der Waals surface area contributed by atoms with Crippen LogP contribution in [-0.4, -0.2) is 28.0 Å². The molecule has 150 valence electrons. The maximum absolute atomic E-state index is 12.6. The Kier molecular flexibility index (Phi) is 5.47. The molecule has 0 radical (unpaired) electrons. The van der Waals surface area contributed by atoms with Gasteiger partial charge in [-0.1, -0.05) is 17.3 Å². The normalized spacial score (nSPS) is 10.7. The number of nitrogens with zero attached hydrogens (tertiary/aromatic N) is 4. The minimum Gasteiger partial charge on any atom is -0.497 e. The van der Waals surface area contributed by atoms with Crippen LogP contribution in [0.5, 0.6) is 5.75 Å². The largest absolute Gasteiger partial charge is 0.497 e. The average Bonchev–Trinajstić information content (AvgIpc) is 2.77. The Labute approximate surface area is 172 Å². The monoisotopic (exact) mass is 402 g/mol. The van der Waals surface area contributed by atoms with Gasteiger partial charge in [0.15, 0.2) is 12.4 Å². The van der Waals surface area contributed by atoms with Crippen molar-refractivity contribution in [1.82, 2.24) is 15.0 Å². The SMILES string of the molecule is COc1ccc(NC(=O)C[n+]2ccc(Cn3nnc4ccccc4c3=O)cc2)cc1. The van der Waals surface area contributed by atoms with E-state index in [1.165, 1.54) is 4.68 Å². The number of benzene rings is 2. The molecule has 2 aromatic carbocycles. The highest BCUT2D eigenvalue weighted by molar-refractivity contribution is 5.89. The molecule has 2 heterocycles. The lowest BCUT2D eigenvalue weighted by Crippen LogP contribution is -2.39. The number of hydrogen-bond donors (Lipinski definition) is 1. The molecule has 0 atom stereocenters. The third kappa shape index (κ3) is 4.33.